The fourth-order valence-electron chi connectivity index (χ4n) is 4.73. The van der Waals surface area contributed by atoms with E-state index >= 15 is 0 Å². The number of rotatable bonds is 4. The summed E-state index contributed by atoms with van der Waals surface area (Å²) in [5, 5.41) is 4.48. The summed E-state index contributed by atoms with van der Waals surface area (Å²) in [5.41, 5.74) is 2.02. The lowest BCUT2D eigenvalue weighted by Crippen LogP contribution is -2.49. The first-order chi connectivity index (χ1) is 14.6. The van der Waals surface area contributed by atoms with Crippen LogP contribution >= 0.6 is 0 Å². The van der Waals surface area contributed by atoms with Crippen LogP contribution in [-0.4, -0.2) is 43.8 Å². The van der Waals surface area contributed by atoms with E-state index < -0.39 is 0 Å². The van der Waals surface area contributed by atoms with Gasteiger partial charge in [-0.15, -0.1) is 0 Å². The van der Waals surface area contributed by atoms with E-state index in [0.717, 1.165) is 37.0 Å². The lowest BCUT2D eigenvalue weighted by atomic mass is 9.99. The van der Waals surface area contributed by atoms with Crippen molar-refractivity contribution in [3.8, 4) is 17.0 Å². The van der Waals surface area contributed by atoms with Crippen molar-refractivity contribution in [1.82, 2.24) is 19.7 Å². The summed E-state index contributed by atoms with van der Waals surface area (Å²) in [4.78, 5) is 19.5. The van der Waals surface area contributed by atoms with Gasteiger partial charge < -0.3 is 9.64 Å². The first-order valence-corrected chi connectivity index (χ1v) is 10.3. The van der Waals surface area contributed by atoms with Crippen LogP contribution in [0.4, 0.5) is 4.39 Å². The third-order valence-electron chi connectivity index (χ3n) is 6.12. The minimum Gasteiger partial charge on any atom is -0.490 e. The average Bonchev–Trinajstić information content (AvgIpc) is 3.26. The van der Waals surface area contributed by atoms with Crippen molar-refractivity contribution in [3.05, 3.63) is 66.4 Å². The van der Waals surface area contributed by atoms with Gasteiger partial charge in [-0.05, 0) is 55.3 Å². The summed E-state index contributed by atoms with van der Waals surface area (Å²) in [5.74, 6) is 0.539. The van der Waals surface area contributed by atoms with Gasteiger partial charge in [0.05, 0.1) is 5.69 Å². The number of piperidine rings is 1. The Morgan fingerprint density at radius 1 is 1.07 bits per heavy atom. The normalized spacial score (nSPS) is 22.9. The van der Waals surface area contributed by atoms with E-state index in [1.807, 2.05) is 17.0 Å². The molecule has 0 saturated carbocycles. The highest BCUT2D eigenvalue weighted by molar-refractivity contribution is 5.94. The molecule has 2 saturated heterocycles. The lowest BCUT2D eigenvalue weighted by Gasteiger charge is -2.38. The van der Waals surface area contributed by atoms with Crippen LogP contribution in [0, 0.1) is 5.82 Å². The van der Waals surface area contributed by atoms with Crippen LogP contribution in [0.2, 0.25) is 0 Å². The Hall–Kier alpha value is -3.22. The molecule has 30 heavy (non-hydrogen) atoms. The summed E-state index contributed by atoms with van der Waals surface area (Å²) in [6, 6.07) is 12.0. The zero-order valence-corrected chi connectivity index (χ0v) is 16.7. The minimum absolute atomic E-state index is 0.00761. The maximum Gasteiger partial charge on any atom is 0.272 e. The fourth-order valence-corrected chi connectivity index (χ4v) is 4.73. The summed E-state index contributed by atoms with van der Waals surface area (Å²) in [6.45, 7) is 0. The quantitative estimate of drug-likeness (QED) is 0.661. The van der Waals surface area contributed by atoms with Crippen molar-refractivity contribution in [1.29, 1.82) is 0 Å². The number of hydrogen-bond donors (Lipinski definition) is 0. The molecule has 2 bridgehead atoms. The number of carbonyl (C=O) groups excluding carboxylic acids is 1. The monoisotopic (exact) mass is 406 g/mol. The van der Waals surface area contributed by atoms with Crippen LogP contribution in [0.1, 0.15) is 36.2 Å². The Kier molecular flexibility index (Phi) is 4.73. The molecule has 6 nitrogen and oxygen atoms in total. The van der Waals surface area contributed by atoms with Gasteiger partial charge >= 0.3 is 0 Å². The lowest BCUT2D eigenvalue weighted by molar-refractivity contribution is 0.0350. The maximum absolute atomic E-state index is 13.4. The van der Waals surface area contributed by atoms with E-state index in [1.54, 1.807) is 42.3 Å². The number of aryl methyl sites for hydroxylation is 1. The molecule has 3 aromatic rings. The van der Waals surface area contributed by atoms with Crippen LogP contribution in [-0.2, 0) is 7.05 Å². The van der Waals surface area contributed by atoms with Gasteiger partial charge in [-0.1, -0.05) is 0 Å². The van der Waals surface area contributed by atoms with Crippen LogP contribution < -0.4 is 4.74 Å². The van der Waals surface area contributed by atoms with Gasteiger partial charge in [0.1, 0.15) is 23.4 Å². The minimum atomic E-state index is -0.292. The molecule has 1 aromatic carbocycles. The number of nitrogens with zero attached hydrogens (tertiary/aromatic N) is 4. The molecule has 2 aliphatic heterocycles. The molecule has 2 fully saturated rings. The number of benzene rings is 1. The van der Waals surface area contributed by atoms with E-state index in [-0.39, 0.29) is 29.9 Å². The first kappa shape index (κ1) is 18.8. The average molecular weight is 406 g/mol. The first-order valence-electron chi connectivity index (χ1n) is 10.3. The largest absolute Gasteiger partial charge is 0.490 e. The van der Waals surface area contributed by atoms with E-state index in [2.05, 4.69) is 10.1 Å². The van der Waals surface area contributed by atoms with Crippen molar-refractivity contribution in [2.75, 3.05) is 0 Å². The Balaban J connectivity index is 1.33. The SMILES string of the molecule is Cn1nc(-c2ccc(F)cc2)cc1C(=O)N1C2CCC1CC(Oc1ccncc1)C2. The molecule has 2 aliphatic rings. The van der Waals surface area contributed by atoms with Gasteiger partial charge in [-0.3, -0.25) is 14.5 Å². The third kappa shape index (κ3) is 3.44. The van der Waals surface area contributed by atoms with E-state index in [4.69, 9.17) is 4.74 Å². The molecule has 2 unspecified atom stereocenters. The second-order valence-electron chi connectivity index (χ2n) is 8.04. The molecular formula is C23H23FN4O2. The van der Waals surface area contributed by atoms with Crippen molar-refractivity contribution in [2.24, 2.45) is 7.05 Å². The second-order valence-corrected chi connectivity index (χ2v) is 8.04. The van der Waals surface area contributed by atoms with Crippen LogP contribution in [0.15, 0.2) is 54.9 Å². The zero-order valence-electron chi connectivity index (χ0n) is 16.7. The Morgan fingerprint density at radius 2 is 1.73 bits per heavy atom. The molecule has 5 rings (SSSR count). The molecule has 1 amide bonds. The summed E-state index contributed by atoms with van der Waals surface area (Å²) < 4.78 is 21.0. The Labute approximate surface area is 174 Å². The van der Waals surface area contributed by atoms with Crippen molar-refractivity contribution in [3.63, 3.8) is 0 Å². The number of halogens is 1. The van der Waals surface area contributed by atoms with Crippen LogP contribution in [0.5, 0.6) is 5.75 Å². The second kappa shape index (κ2) is 7.55. The molecule has 0 N–H and O–H groups in total. The summed E-state index contributed by atoms with van der Waals surface area (Å²) in [7, 11) is 1.78. The number of pyridine rings is 1. The van der Waals surface area contributed by atoms with Crippen molar-refractivity contribution < 1.29 is 13.9 Å². The molecule has 154 valence electrons. The number of hydrogen-bond acceptors (Lipinski definition) is 4. The molecule has 2 atom stereocenters. The highest BCUT2D eigenvalue weighted by atomic mass is 19.1. The molecular weight excluding hydrogens is 383 g/mol. The van der Waals surface area contributed by atoms with Crippen molar-refractivity contribution in [2.45, 2.75) is 43.9 Å². The predicted molar refractivity (Wildman–Crippen MR) is 109 cm³/mol. The Bertz CT molecular complexity index is 1040. The molecule has 0 aliphatic carbocycles. The molecule has 4 heterocycles. The van der Waals surface area contributed by atoms with E-state index in [0.29, 0.717) is 11.4 Å². The molecule has 0 radical (unpaired) electrons. The standard InChI is InChI=1S/C23H23FN4O2/c1-27-22(14-21(26-27)15-2-4-16(24)5-3-15)23(29)28-17-6-7-18(28)13-20(12-17)30-19-8-10-25-11-9-19/h2-5,8-11,14,17-18,20H,6-7,12-13H2,1H3. The number of aromatic nitrogens is 3. The Morgan fingerprint density at radius 3 is 2.40 bits per heavy atom. The highest BCUT2D eigenvalue weighted by Crippen LogP contribution is 2.38. The fraction of sp³-hybridized carbons (Fsp3) is 0.348. The van der Waals surface area contributed by atoms with Crippen molar-refractivity contribution >= 4 is 5.91 Å². The van der Waals surface area contributed by atoms with Crippen LogP contribution in [0.3, 0.4) is 0 Å². The van der Waals surface area contributed by atoms with Gasteiger partial charge in [-0.2, -0.15) is 5.10 Å². The topological polar surface area (TPSA) is 60.2 Å². The number of ether oxygens (including phenoxy) is 1. The molecule has 2 aromatic heterocycles. The van der Waals surface area contributed by atoms with Gasteiger partial charge in [0.25, 0.3) is 5.91 Å². The van der Waals surface area contributed by atoms with Gasteiger partial charge in [-0.25, -0.2) is 4.39 Å². The number of amides is 1. The van der Waals surface area contributed by atoms with Gasteiger partial charge in [0.15, 0.2) is 0 Å². The highest BCUT2D eigenvalue weighted by Gasteiger charge is 2.44. The summed E-state index contributed by atoms with van der Waals surface area (Å²) in [6.07, 6.45) is 7.20. The van der Waals surface area contributed by atoms with Gasteiger partial charge in [0, 0.05) is 49.9 Å². The number of fused-ring (bicyclic) bond motifs is 2. The van der Waals surface area contributed by atoms with Crippen LogP contribution in [0.25, 0.3) is 11.3 Å². The smallest absolute Gasteiger partial charge is 0.272 e. The van der Waals surface area contributed by atoms with Gasteiger partial charge in [0.2, 0.25) is 0 Å². The predicted octanol–water partition coefficient (Wildman–Crippen LogP) is 3.84. The summed E-state index contributed by atoms with van der Waals surface area (Å²) >= 11 is 0. The third-order valence-corrected chi connectivity index (χ3v) is 6.12. The molecule has 0 spiro atoms. The van der Waals surface area contributed by atoms with E-state index in [9.17, 15) is 9.18 Å². The number of carbonyl (C=O) groups is 1. The van der Waals surface area contributed by atoms with E-state index in [1.165, 1.54) is 12.1 Å². The molecule has 7 heteroatoms. The maximum atomic E-state index is 13.4. The zero-order chi connectivity index (χ0) is 20.7.